The molecule has 0 aliphatic heterocycles. The highest BCUT2D eigenvalue weighted by Crippen LogP contribution is 2.37. The number of hydrogen-bond acceptors (Lipinski definition) is 8. The summed E-state index contributed by atoms with van der Waals surface area (Å²) < 4.78 is 31.8. The third-order valence-corrected chi connectivity index (χ3v) is 7.03. The third kappa shape index (κ3) is 7.66. The van der Waals surface area contributed by atoms with Crippen LogP contribution in [-0.4, -0.2) is 84.3 Å². The van der Waals surface area contributed by atoms with E-state index in [1.807, 2.05) is 22.6 Å². The second kappa shape index (κ2) is 14.6. The number of halogens is 2. The van der Waals surface area contributed by atoms with E-state index < -0.39 is 35.9 Å². The zero-order valence-corrected chi connectivity index (χ0v) is 23.8. The van der Waals surface area contributed by atoms with E-state index >= 15 is 0 Å². The van der Waals surface area contributed by atoms with Crippen LogP contribution < -0.4 is 14.8 Å². The van der Waals surface area contributed by atoms with Crippen molar-refractivity contribution in [3.63, 3.8) is 0 Å². The van der Waals surface area contributed by atoms with Gasteiger partial charge in [0.25, 0.3) is 0 Å². The van der Waals surface area contributed by atoms with Gasteiger partial charge in [0.15, 0.2) is 11.5 Å². The van der Waals surface area contributed by atoms with Gasteiger partial charge in [0.2, 0.25) is 11.8 Å². The number of nitrogens with zero attached hydrogens (tertiary/aromatic N) is 1. The fraction of sp³-hybridized carbons (Fsp3) is 0.407. The van der Waals surface area contributed by atoms with Gasteiger partial charge in [-0.25, -0.2) is 4.39 Å². The molecule has 1 aliphatic carbocycles. The Morgan fingerprint density at radius 1 is 1.21 bits per heavy atom. The fourth-order valence-corrected chi connectivity index (χ4v) is 5.09. The van der Waals surface area contributed by atoms with E-state index in [1.54, 1.807) is 18.2 Å². The second-order valence-electron chi connectivity index (χ2n) is 8.83. The fourth-order valence-electron chi connectivity index (χ4n) is 4.30. The molecule has 0 saturated heterocycles. The van der Waals surface area contributed by atoms with Crippen LogP contribution in [-0.2, 0) is 27.5 Å². The Balaban J connectivity index is 2.04. The number of aliphatic hydroxyl groups is 3. The summed E-state index contributed by atoms with van der Waals surface area (Å²) >= 11 is 2.01. The molecule has 3 rings (SSSR count). The van der Waals surface area contributed by atoms with Gasteiger partial charge in [-0.3, -0.25) is 9.59 Å². The van der Waals surface area contributed by atoms with Crippen LogP contribution in [0.1, 0.15) is 17.5 Å². The van der Waals surface area contributed by atoms with Crippen molar-refractivity contribution in [1.29, 1.82) is 0 Å². The third-order valence-electron chi connectivity index (χ3n) is 6.23. The van der Waals surface area contributed by atoms with Gasteiger partial charge < -0.3 is 39.7 Å². The monoisotopic (exact) mass is 658 g/mol. The van der Waals surface area contributed by atoms with Crippen molar-refractivity contribution < 1.29 is 43.5 Å². The predicted molar refractivity (Wildman–Crippen MR) is 147 cm³/mol. The SMILES string of the molecule is COCC(=O)N(Cc1ccccc1F)[C@@H]1CC(C(=O)NCCO)=C[C@H](Oc2c(I)cc(CO)cc2OC)[C@H]1O. The van der Waals surface area contributed by atoms with Crippen LogP contribution >= 0.6 is 22.6 Å². The molecule has 2 aromatic carbocycles. The number of benzene rings is 2. The Labute approximate surface area is 239 Å². The minimum absolute atomic E-state index is 0.00477. The molecule has 0 unspecified atom stereocenters. The molecule has 212 valence electrons. The number of amides is 2. The van der Waals surface area contributed by atoms with Gasteiger partial charge >= 0.3 is 0 Å². The highest BCUT2D eigenvalue weighted by molar-refractivity contribution is 14.1. The van der Waals surface area contributed by atoms with Crippen LogP contribution in [0.5, 0.6) is 11.5 Å². The lowest BCUT2D eigenvalue weighted by Crippen LogP contribution is -2.55. The molecular weight excluding hydrogens is 626 g/mol. The summed E-state index contributed by atoms with van der Waals surface area (Å²) in [6, 6.07) is 8.27. The van der Waals surface area contributed by atoms with Crippen LogP contribution in [0.2, 0.25) is 0 Å². The summed E-state index contributed by atoms with van der Waals surface area (Å²) in [6.45, 7) is -0.995. The molecule has 0 heterocycles. The lowest BCUT2D eigenvalue weighted by atomic mass is 9.87. The molecule has 3 atom stereocenters. The molecule has 2 amide bonds. The number of hydrogen-bond donors (Lipinski definition) is 4. The molecule has 1 aliphatic rings. The van der Waals surface area contributed by atoms with Gasteiger partial charge in [-0.15, -0.1) is 0 Å². The first kappa shape index (κ1) is 30.8. The molecule has 0 bridgehead atoms. The number of carbonyl (C=O) groups excluding carboxylic acids is 2. The predicted octanol–water partition coefficient (Wildman–Crippen LogP) is 1.52. The highest BCUT2D eigenvalue weighted by Gasteiger charge is 2.41. The van der Waals surface area contributed by atoms with E-state index in [2.05, 4.69) is 5.32 Å². The first-order chi connectivity index (χ1) is 18.7. The van der Waals surface area contributed by atoms with Gasteiger partial charge in [0.05, 0.1) is 29.9 Å². The van der Waals surface area contributed by atoms with Crippen LogP contribution in [0.25, 0.3) is 0 Å². The number of carbonyl (C=O) groups is 2. The molecule has 12 heteroatoms. The maximum absolute atomic E-state index is 14.6. The van der Waals surface area contributed by atoms with E-state index in [0.29, 0.717) is 14.9 Å². The van der Waals surface area contributed by atoms with Crippen molar-refractivity contribution in [3.8, 4) is 11.5 Å². The number of ether oxygens (including phenoxy) is 3. The van der Waals surface area contributed by atoms with Crippen LogP contribution in [0.15, 0.2) is 48.0 Å². The molecule has 0 fully saturated rings. The van der Waals surface area contributed by atoms with Crippen molar-refractivity contribution in [2.75, 3.05) is 34.0 Å². The highest BCUT2D eigenvalue weighted by atomic mass is 127. The standard InChI is InChI=1S/C27H32FIN2O8/c1-37-15-24(34)31(13-17-5-3-4-6-19(17)28)21-11-18(27(36)30-7-8-32)12-22(25(21)35)39-26-20(29)9-16(14-33)10-23(26)38-2/h3-6,9-10,12,21-22,25,32-33,35H,7-8,11,13-15H2,1-2H3,(H,30,36)/t21-,22+,25+/m1/s1. The van der Waals surface area contributed by atoms with Gasteiger partial charge in [-0.05, 0) is 52.4 Å². The normalized spacial score (nSPS) is 18.7. The molecule has 0 spiro atoms. The molecule has 39 heavy (non-hydrogen) atoms. The molecule has 0 radical (unpaired) electrons. The molecule has 2 aromatic rings. The number of aliphatic hydroxyl groups excluding tert-OH is 3. The topological polar surface area (TPSA) is 138 Å². The summed E-state index contributed by atoms with van der Waals surface area (Å²) in [5.41, 5.74) is 1.03. The maximum Gasteiger partial charge on any atom is 0.249 e. The summed E-state index contributed by atoms with van der Waals surface area (Å²) in [5, 5.41) is 32.8. The van der Waals surface area contributed by atoms with E-state index in [9.17, 15) is 24.2 Å². The average molecular weight is 658 g/mol. The van der Waals surface area contributed by atoms with Crippen molar-refractivity contribution in [2.45, 2.75) is 37.8 Å². The van der Waals surface area contributed by atoms with Crippen LogP contribution in [0.4, 0.5) is 4.39 Å². The van der Waals surface area contributed by atoms with Gasteiger partial charge in [0.1, 0.15) is 24.6 Å². The van der Waals surface area contributed by atoms with Gasteiger partial charge in [0, 0.05) is 37.8 Å². The molecular formula is C27H32FIN2O8. The summed E-state index contributed by atoms with van der Waals surface area (Å²) in [6.07, 6.45) is -1.03. The first-order valence-corrected chi connectivity index (χ1v) is 13.2. The lowest BCUT2D eigenvalue weighted by molar-refractivity contribution is -0.143. The summed E-state index contributed by atoms with van der Waals surface area (Å²) in [4.78, 5) is 27.4. The molecule has 0 saturated carbocycles. The van der Waals surface area contributed by atoms with Crippen molar-refractivity contribution in [3.05, 3.63) is 68.6 Å². The van der Waals surface area contributed by atoms with Crippen LogP contribution in [0, 0.1) is 9.39 Å². The quantitative estimate of drug-likeness (QED) is 0.252. The average Bonchev–Trinajstić information content (AvgIpc) is 2.93. The Morgan fingerprint density at radius 3 is 2.59 bits per heavy atom. The Hall–Kier alpha value is -2.78. The first-order valence-electron chi connectivity index (χ1n) is 12.2. The van der Waals surface area contributed by atoms with E-state index in [1.165, 1.54) is 43.4 Å². The Kier molecular flexibility index (Phi) is 11.5. The number of rotatable bonds is 12. The lowest BCUT2D eigenvalue weighted by Gasteiger charge is -2.40. The largest absolute Gasteiger partial charge is 0.493 e. The van der Waals surface area contributed by atoms with Crippen molar-refractivity contribution in [2.24, 2.45) is 0 Å². The zero-order valence-electron chi connectivity index (χ0n) is 21.6. The minimum Gasteiger partial charge on any atom is -0.493 e. The maximum atomic E-state index is 14.6. The second-order valence-corrected chi connectivity index (χ2v) is 9.99. The van der Waals surface area contributed by atoms with Crippen molar-refractivity contribution in [1.82, 2.24) is 10.2 Å². The molecule has 4 N–H and O–H groups in total. The summed E-state index contributed by atoms with van der Waals surface area (Å²) in [7, 11) is 2.78. The smallest absolute Gasteiger partial charge is 0.249 e. The minimum atomic E-state index is -1.33. The zero-order chi connectivity index (χ0) is 28.5. The Bertz CT molecular complexity index is 1190. The van der Waals surface area contributed by atoms with Gasteiger partial charge in [-0.2, -0.15) is 0 Å². The molecule has 10 nitrogen and oxygen atoms in total. The van der Waals surface area contributed by atoms with E-state index in [4.69, 9.17) is 19.3 Å². The summed E-state index contributed by atoms with van der Waals surface area (Å²) in [5.74, 6) is -0.962. The number of nitrogens with one attached hydrogen (secondary N) is 1. The van der Waals surface area contributed by atoms with Gasteiger partial charge in [-0.1, -0.05) is 18.2 Å². The van der Waals surface area contributed by atoms with Crippen molar-refractivity contribution >= 4 is 34.4 Å². The Morgan fingerprint density at radius 2 is 1.95 bits per heavy atom. The van der Waals surface area contributed by atoms with E-state index in [-0.39, 0.29) is 56.2 Å². The van der Waals surface area contributed by atoms with Crippen LogP contribution in [0.3, 0.4) is 0 Å². The van der Waals surface area contributed by atoms with E-state index in [0.717, 1.165) is 0 Å². The number of methoxy groups -OCH3 is 2. The molecule has 0 aromatic heterocycles.